The molecule has 150 valence electrons. The fourth-order valence-electron chi connectivity index (χ4n) is 2.04. The van der Waals surface area contributed by atoms with Crippen molar-refractivity contribution in [2.45, 2.75) is 19.2 Å². The minimum Gasteiger partial charge on any atom is -0.491 e. The SMILES string of the molecule is Cc1cc(OCC(O)COc2ccc(C(F)(F)F)cc2)c#cc1OCC(=O)O. The van der Waals surface area contributed by atoms with Gasteiger partial charge in [-0.1, -0.05) is 0 Å². The third kappa shape index (κ3) is 6.55. The van der Waals surface area contributed by atoms with Gasteiger partial charge in [-0.05, 0) is 49.4 Å². The maximum Gasteiger partial charge on any atom is 0.416 e. The molecule has 1 unspecified atom stereocenters. The van der Waals surface area contributed by atoms with Gasteiger partial charge in [0.05, 0.1) is 5.56 Å². The molecule has 0 bridgehead atoms. The molecular formula is C19H17F3O6. The summed E-state index contributed by atoms with van der Waals surface area (Å²) >= 11 is 0. The Morgan fingerprint density at radius 2 is 1.75 bits per heavy atom. The largest absolute Gasteiger partial charge is 0.491 e. The molecule has 0 aromatic heterocycles. The highest BCUT2D eigenvalue weighted by Gasteiger charge is 2.30. The number of carbonyl (C=O) groups is 1. The normalized spacial score (nSPS) is 12.0. The molecule has 1 atom stereocenters. The van der Waals surface area contributed by atoms with Crippen LogP contribution in [0.15, 0.2) is 30.3 Å². The monoisotopic (exact) mass is 398 g/mol. The van der Waals surface area contributed by atoms with Crippen LogP contribution >= 0.6 is 0 Å². The van der Waals surface area contributed by atoms with Crippen LogP contribution < -0.4 is 14.2 Å². The van der Waals surface area contributed by atoms with Crippen molar-refractivity contribution in [3.05, 3.63) is 53.6 Å². The van der Waals surface area contributed by atoms with E-state index in [-0.39, 0.29) is 30.5 Å². The molecule has 2 aromatic carbocycles. The number of carboxylic acid groups (broad SMARTS) is 1. The highest BCUT2D eigenvalue weighted by molar-refractivity contribution is 5.68. The Bertz CT molecular complexity index is 789. The van der Waals surface area contributed by atoms with Crippen molar-refractivity contribution in [3.8, 4) is 17.2 Å². The second kappa shape index (κ2) is 9.19. The first-order valence-electron chi connectivity index (χ1n) is 8.05. The Morgan fingerprint density at radius 1 is 1.11 bits per heavy atom. The van der Waals surface area contributed by atoms with Crippen molar-refractivity contribution in [2.75, 3.05) is 19.8 Å². The van der Waals surface area contributed by atoms with E-state index in [0.29, 0.717) is 5.56 Å². The number of hydrogen-bond acceptors (Lipinski definition) is 5. The van der Waals surface area contributed by atoms with Crippen LogP contribution in [0.25, 0.3) is 0 Å². The number of halogens is 3. The molecule has 0 radical (unpaired) electrons. The third-order valence-corrected chi connectivity index (χ3v) is 3.40. The van der Waals surface area contributed by atoms with Crippen LogP contribution in [0.2, 0.25) is 0 Å². The number of hydrogen-bond donors (Lipinski definition) is 2. The lowest BCUT2D eigenvalue weighted by molar-refractivity contribution is -0.139. The number of carboxylic acids is 1. The highest BCUT2D eigenvalue weighted by atomic mass is 19.4. The van der Waals surface area contributed by atoms with Crippen LogP contribution in [-0.4, -0.2) is 42.1 Å². The van der Waals surface area contributed by atoms with Crippen molar-refractivity contribution in [2.24, 2.45) is 0 Å². The van der Waals surface area contributed by atoms with Crippen molar-refractivity contribution < 1.29 is 42.4 Å². The van der Waals surface area contributed by atoms with E-state index in [0.717, 1.165) is 12.1 Å². The van der Waals surface area contributed by atoms with Crippen molar-refractivity contribution in [1.82, 2.24) is 0 Å². The van der Waals surface area contributed by atoms with Crippen LogP contribution in [0.1, 0.15) is 11.1 Å². The summed E-state index contributed by atoms with van der Waals surface area (Å²) in [5, 5.41) is 18.5. The quantitative estimate of drug-likeness (QED) is 0.676. The zero-order chi connectivity index (χ0) is 20.7. The number of aliphatic hydroxyl groups is 1. The standard InChI is InChI=1S/C19H17F3O6/c1-12-8-16(6-7-17(12)28-11-18(24)25)27-10-14(23)9-26-15-4-2-13(3-5-15)19(20,21)22/h2-5,8,14,23H,9-11H2,1H3,(H,24,25). The molecule has 0 heterocycles. The van der Waals surface area contributed by atoms with Crippen LogP contribution in [0.3, 0.4) is 0 Å². The van der Waals surface area contributed by atoms with Gasteiger partial charge in [-0.15, -0.1) is 0 Å². The molecule has 2 aromatic rings. The maximum absolute atomic E-state index is 12.5. The number of rotatable bonds is 9. The van der Waals surface area contributed by atoms with Gasteiger partial charge in [-0.3, -0.25) is 0 Å². The van der Waals surface area contributed by atoms with E-state index in [1.54, 1.807) is 6.92 Å². The van der Waals surface area contributed by atoms with Crippen LogP contribution in [0.4, 0.5) is 13.2 Å². The summed E-state index contributed by atoms with van der Waals surface area (Å²) in [7, 11) is 0. The average molecular weight is 398 g/mol. The number of benzene rings is 1. The average Bonchev–Trinajstić information content (AvgIpc) is 2.63. The molecule has 0 fully saturated rings. The van der Waals surface area contributed by atoms with Gasteiger partial charge < -0.3 is 24.4 Å². The van der Waals surface area contributed by atoms with E-state index in [4.69, 9.17) is 19.3 Å². The molecule has 0 aliphatic carbocycles. The molecule has 9 heteroatoms. The second-order valence-corrected chi connectivity index (χ2v) is 5.75. The van der Waals surface area contributed by atoms with E-state index in [9.17, 15) is 23.1 Å². The van der Waals surface area contributed by atoms with E-state index >= 15 is 0 Å². The topological polar surface area (TPSA) is 85.2 Å². The van der Waals surface area contributed by atoms with Gasteiger partial charge in [-0.2, -0.15) is 13.2 Å². The number of alkyl halides is 3. The van der Waals surface area contributed by atoms with Crippen LogP contribution in [0, 0.1) is 19.1 Å². The van der Waals surface area contributed by atoms with Crippen molar-refractivity contribution in [3.63, 3.8) is 0 Å². The van der Waals surface area contributed by atoms with Crippen LogP contribution in [-0.2, 0) is 11.0 Å². The lowest BCUT2D eigenvalue weighted by atomic mass is 10.2. The highest BCUT2D eigenvalue weighted by Crippen LogP contribution is 2.30. The predicted molar refractivity (Wildman–Crippen MR) is 90.4 cm³/mol. The fourth-order valence-corrected chi connectivity index (χ4v) is 2.04. The van der Waals surface area contributed by atoms with Gasteiger partial charge in [0.15, 0.2) is 18.1 Å². The summed E-state index contributed by atoms with van der Waals surface area (Å²) in [6.07, 6.45) is -5.47. The van der Waals surface area contributed by atoms with Gasteiger partial charge >= 0.3 is 12.1 Å². The lowest BCUT2D eigenvalue weighted by Gasteiger charge is -2.14. The molecule has 0 aliphatic rings. The second-order valence-electron chi connectivity index (χ2n) is 5.75. The van der Waals surface area contributed by atoms with E-state index < -0.39 is 30.4 Å². The van der Waals surface area contributed by atoms with Gasteiger partial charge in [0.25, 0.3) is 0 Å². The fraction of sp³-hybridized carbons (Fsp3) is 0.316. The van der Waals surface area contributed by atoms with Gasteiger partial charge in [0.2, 0.25) is 0 Å². The molecule has 0 saturated carbocycles. The number of aliphatic carboxylic acids is 1. The Morgan fingerprint density at radius 3 is 2.32 bits per heavy atom. The first kappa shape index (κ1) is 21.2. The minimum atomic E-state index is -4.42. The third-order valence-electron chi connectivity index (χ3n) is 3.40. The van der Waals surface area contributed by atoms with Crippen molar-refractivity contribution in [1.29, 1.82) is 0 Å². The number of aliphatic hydroxyl groups excluding tert-OH is 1. The maximum atomic E-state index is 12.5. The zero-order valence-electron chi connectivity index (χ0n) is 14.7. The first-order chi connectivity index (χ1) is 13.1. The predicted octanol–water partition coefficient (Wildman–Crippen LogP) is 2.90. The molecule has 2 rings (SSSR count). The Labute approximate surface area is 159 Å². The van der Waals surface area contributed by atoms with Gasteiger partial charge in [0.1, 0.15) is 25.1 Å². The molecule has 0 spiro atoms. The van der Waals surface area contributed by atoms with E-state index in [1.165, 1.54) is 18.2 Å². The summed E-state index contributed by atoms with van der Waals surface area (Å²) in [4.78, 5) is 10.5. The molecule has 2 N–H and O–H groups in total. The summed E-state index contributed by atoms with van der Waals surface area (Å²) in [5.41, 5.74) is -0.216. The lowest BCUT2D eigenvalue weighted by Crippen LogP contribution is -2.25. The Kier molecular flexibility index (Phi) is 6.95. The first-order valence-corrected chi connectivity index (χ1v) is 8.05. The molecule has 6 nitrogen and oxygen atoms in total. The summed E-state index contributed by atoms with van der Waals surface area (Å²) in [5.74, 6) is -0.457. The molecule has 28 heavy (non-hydrogen) atoms. The summed E-state index contributed by atoms with van der Waals surface area (Å²) < 4.78 is 53.1. The van der Waals surface area contributed by atoms with Crippen LogP contribution in [0.5, 0.6) is 17.2 Å². The summed E-state index contributed by atoms with van der Waals surface area (Å²) in [6.45, 7) is 0.817. The Balaban J connectivity index is 1.80. The Hall–Kier alpha value is -3.12. The number of aryl methyl sites for hydroxylation is 1. The molecule has 0 saturated heterocycles. The minimum absolute atomic E-state index is 0.153. The molecule has 0 aliphatic heterocycles. The van der Waals surface area contributed by atoms with Gasteiger partial charge in [0, 0.05) is 5.56 Å². The number of ether oxygens (including phenoxy) is 3. The van der Waals surface area contributed by atoms with Crippen molar-refractivity contribution >= 4 is 5.97 Å². The smallest absolute Gasteiger partial charge is 0.416 e. The van der Waals surface area contributed by atoms with E-state index in [1.807, 2.05) is 0 Å². The summed E-state index contributed by atoms with van der Waals surface area (Å²) in [6, 6.07) is 10.9. The molecule has 0 amide bonds. The van der Waals surface area contributed by atoms with E-state index in [2.05, 4.69) is 12.1 Å². The van der Waals surface area contributed by atoms with Gasteiger partial charge in [-0.25, -0.2) is 4.79 Å². The zero-order valence-corrected chi connectivity index (χ0v) is 14.7. The molecular weight excluding hydrogens is 381 g/mol.